The van der Waals surface area contributed by atoms with Crippen LogP contribution in [-0.4, -0.2) is 19.3 Å². The van der Waals surface area contributed by atoms with Gasteiger partial charge in [0.2, 0.25) is 0 Å². The molecule has 3 rings (SSSR count). The first kappa shape index (κ1) is 13.1. The van der Waals surface area contributed by atoms with Crippen LogP contribution in [0.3, 0.4) is 0 Å². The molecule has 1 N–H and O–H groups in total. The third-order valence-corrected chi connectivity index (χ3v) is 3.95. The molecule has 0 aliphatic carbocycles. The topological polar surface area (TPSA) is 38.5 Å². The van der Waals surface area contributed by atoms with Crippen molar-refractivity contribution in [3.05, 3.63) is 45.9 Å². The summed E-state index contributed by atoms with van der Waals surface area (Å²) in [5, 5.41) is 4.44. The van der Waals surface area contributed by atoms with Crippen molar-refractivity contribution >= 4 is 23.4 Å². The van der Waals surface area contributed by atoms with Gasteiger partial charge in [-0.05, 0) is 38.0 Å². The van der Waals surface area contributed by atoms with E-state index >= 15 is 0 Å². The lowest BCUT2D eigenvalue weighted by Gasteiger charge is -2.06. The summed E-state index contributed by atoms with van der Waals surface area (Å²) in [6.45, 7) is 4.98. The Bertz CT molecular complexity index is 822. The second kappa shape index (κ2) is 4.90. The number of aromatic amines is 1. The number of benzene rings is 1. The van der Waals surface area contributed by atoms with Crippen molar-refractivity contribution in [3.63, 3.8) is 0 Å². The van der Waals surface area contributed by atoms with Gasteiger partial charge >= 0.3 is 0 Å². The van der Waals surface area contributed by atoms with E-state index in [9.17, 15) is 0 Å². The molecule has 3 aromatic rings. The van der Waals surface area contributed by atoms with Gasteiger partial charge < -0.3 is 9.55 Å². The van der Waals surface area contributed by atoms with Crippen molar-refractivity contribution in [2.24, 2.45) is 7.05 Å². The van der Waals surface area contributed by atoms with E-state index in [0.29, 0.717) is 0 Å². The molecule has 5 heteroatoms. The number of aromatic nitrogens is 4. The molecule has 0 aliphatic heterocycles. The second-order valence-electron chi connectivity index (χ2n) is 5.23. The zero-order chi connectivity index (χ0) is 14.3. The van der Waals surface area contributed by atoms with Crippen molar-refractivity contribution in [2.45, 2.75) is 26.8 Å². The van der Waals surface area contributed by atoms with E-state index in [2.05, 4.69) is 45.8 Å². The molecule has 1 aromatic carbocycles. The van der Waals surface area contributed by atoms with Gasteiger partial charge in [-0.3, -0.25) is 4.68 Å². The molecule has 0 bridgehead atoms. The van der Waals surface area contributed by atoms with Gasteiger partial charge in [-0.2, -0.15) is 5.10 Å². The van der Waals surface area contributed by atoms with E-state index in [1.165, 1.54) is 11.1 Å². The van der Waals surface area contributed by atoms with Crippen LogP contribution in [0.15, 0.2) is 24.3 Å². The van der Waals surface area contributed by atoms with Crippen molar-refractivity contribution in [1.29, 1.82) is 0 Å². The number of fused-ring (bicyclic) bond motifs is 1. The van der Waals surface area contributed by atoms with Crippen molar-refractivity contribution in [1.82, 2.24) is 19.3 Å². The third kappa shape index (κ3) is 2.18. The fourth-order valence-electron chi connectivity index (χ4n) is 2.69. The van der Waals surface area contributed by atoms with Gasteiger partial charge in [-0.25, -0.2) is 0 Å². The molecule has 0 radical (unpaired) electrons. The molecule has 20 heavy (non-hydrogen) atoms. The number of H-pyrrole nitrogens is 1. The largest absolute Gasteiger partial charge is 0.328 e. The molecule has 0 atom stereocenters. The number of hydrogen-bond acceptors (Lipinski definition) is 2. The highest BCUT2D eigenvalue weighted by Crippen LogP contribution is 2.17. The molecule has 0 unspecified atom stereocenters. The fraction of sp³-hybridized carbons (Fsp3) is 0.333. The summed E-state index contributed by atoms with van der Waals surface area (Å²) in [6.07, 6.45) is 0.965. The average Bonchev–Trinajstić information content (AvgIpc) is 2.86. The standard InChI is InChI=1S/C15H18N4S/c1-10-5-4-6-12(9-10)7-8-19-14-13(16-15(19)20)11(2)17-18(14)3/h4-6,9H,7-8H2,1-3H3,(H,16,20). The van der Waals surface area contributed by atoms with Crippen LogP contribution in [-0.2, 0) is 20.0 Å². The summed E-state index contributed by atoms with van der Waals surface area (Å²) < 4.78 is 4.80. The van der Waals surface area contributed by atoms with Crippen LogP contribution in [0.1, 0.15) is 16.8 Å². The summed E-state index contributed by atoms with van der Waals surface area (Å²) in [6, 6.07) is 8.61. The summed E-state index contributed by atoms with van der Waals surface area (Å²) >= 11 is 5.43. The Balaban J connectivity index is 1.95. The maximum Gasteiger partial charge on any atom is 0.179 e. The maximum absolute atomic E-state index is 5.43. The van der Waals surface area contributed by atoms with Gasteiger partial charge in [0.15, 0.2) is 10.4 Å². The summed E-state index contributed by atoms with van der Waals surface area (Å²) in [4.78, 5) is 3.26. The summed E-state index contributed by atoms with van der Waals surface area (Å²) in [5.41, 5.74) is 5.73. The van der Waals surface area contributed by atoms with Crippen LogP contribution in [0.4, 0.5) is 0 Å². The van der Waals surface area contributed by atoms with Crippen LogP contribution < -0.4 is 0 Å². The Kier molecular flexibility index (Phi) is 3.22. The van der Waals surface area contributed by atoms with Crippen LogP contribution in [0.2, 0.25) is 0 Å². The van der Waals surface area contributed by atoms with E-state index in [1.54, 1.807) is 0 Å². The number of aryl methyl sites for hydroxylation is 5. The predicted molar refractivity (Wildman–Crippen MR) is 83.5 cm³/mol. The van der Waals surface area contributed by atoms with Crippen LogP contribution in [0.5, 0.6) is 0 Å². The maximum atomic E-state index is 5.43. The molecule has 0 saturated heterocycles. The molecule has 2 aromatic heterocycles. The highest BCUT2D eigenvalue weighted by atomic mass is 32.1. The van der Waals surface area contributed by atoms with Crippen LogP contribution in [0.25, 0.3) is 11.2 Å². The van der Waals surface area contributed by atoms with E-state index < -0.39 is 0 Å². The third-order valence-electron chi connectivity index (χ3n) is 3.63. The zero-order valence-electron chi connectivity index (χ0n) is 12.0. The number of nitrogens with one attached hydrogen (secondary N) is 1. The van der Waals surface area contributed by atoms with Crippen LogP contribution in [0, 0.1) is 18.6 Å². The van der Waals surface area contributed by atoms with Crippen LogP contribution >= 0.6 is 12.2 Å². The highest BCUT2D eigenvalue weighted by molar-refractivity contribution is 7.71. The molecular weight excluding hydrogens is 268 g/mol. The fourth-order valence-corrected chi connectivity index (χ4v) is 2.97. The lowest BCUT2D eigenvalue weighted by Crippen LogP contribution is -2.05. The first-order valence-corrected chi connectivity index (χ1v) is 7.15. The molecule has 0 amide bonds. The number of nitrogens with zero attached hydrogens (tertiary/aromatic N) is 3. The van der Waals surface area contributed by atoms with E-state index in [-0.39, 0.29) is 0 Å². The van der Waals surface area contributed by atoms with Gasteiger partial charge in [0, 0.05) is 13.6 Å². The quantitative estimate of drug-likeness (QED) is 0.750. The molecule has 0 aliphatic rings. The molecule has 104 valence electrons. The minimum Gasteiger partial charge on any atom is -0.328 e. The summed E-state index contributed by atoms with van der Waals surface area (Å²) in [5.74, 6) is 0. The van der Waals surface area contributed by atoms with Gasteiger partial charge in [0.1, 0.15) is 5.52 Å². The monoisotopic (exact) mass is 286 g/mol. The Morgan fingerprint density at radius 2 is 2.10 bits per heavy atom. The molecule has 4 nitrogen and oxygen atoms in total. The smallest absolute Gasteiger partial charge is 0.179 e. The Morgan fingerprint density at radius 1 is 1.30 bits per heavy atom. The normalized spacial score (nSPS) is 11.3. The Labute approximate surface area is 123 Å². The predicted octanol–water partition coefficient (Wildman–Crippen LogP) is 3.29. The Hall–Kier alpha value is -1.88. The highest BCUT2D eigenvalue weighted by Gasteiger charge is 2.12. The SMILES string of the molecule is Cc1cccc(CCn2c(=S)[nH]c3c(C)nn(C)c32)c1. The molecule has 0 fully saturated rings. The van der Waals surface area contributed by atoms with Crippen molar-refractivity contribution in [2.75, 3.05) is 0 Å². The summed E-state index contributed by atoms with van der Waals surface area (Å²) in [7, 11) is 1.96. The molecule has 2 heterocycles. The minimum absolute atomic E-state index is 0.767. The number of hydrogen-bond donors (Lipinski definition) is 1. The van der Waals surface area contributed by atoms with E-state index in [4.69, 9.17) is 12.2 Å². The van der Waals surface area contributed by atoms with Gasteiger partial charge in [-0.15, -0.1) is 0 Å². The molecule has 0 spiro atoms. The lowest BCUT2D eigenvalue weighted by atomic mass is 10.1. The Morgan fingerprint density at radius 3 is 2.85 bits per heavy atom. The second-order valence-corrected chi connectivity index (χ2v) is 5.62. The zero-order valence-corrected chi connectivity index (χ0v) is 12.8. The molecule has 0 saturated carbocycles. The van der Waals surface area contributed by atoms with Gasteiger partial charge in [0.05, 0.1) is 5.69 Å². The van der Waals surface area contributed by atoms with Gasteiger partial charge in [0.25, 0.3) is 0 Å². The van der Waals surface area contributed by atoms with Crippen molar-refractivity contribution in [3.8, 4) is 0 Å². The first-order chi connectivity index (χ1) is 9.56. The van der Waals surface area contributed by atoms with E-state index in [0.717, 1.165) is 34.6 Å². The van der Waals surface area contributed by atoms with Gasteiger partial charge in [-0.1, -0.05) is 29.8 Å². The minimum atomic E-state index is 0.767. The first-order valence-electron chi connectivity index (χ1n) is 6.74. The van der Waals surface area contributed by atoms with Crippen molar-refractivity contribution < 1.29 is 0 Å². The average molecular weight is 286 g/mol. The van der Waals surface area contributed by atoms with E-state index in [1.807, 2.05) is 18.7 Å². The number of imidazole rings is 1. The number of rotatable bonds is 3. The lowest BCUT2D eigenvalue weighted by molar-refractivity contribution is 0.664. The molecular formula is C15H18N4S.